The van der Waals surface area contributed by atoms with Crippen LogP contribution in [0.3, 0.4) is 0 Å². The van der Waals surface area contributed by atoms with Gasteiger partial charge in [0.2, 0.25) is 0 Å². The lowest BCUT2D eigenvalue weighted by atomic mass is 10.0. The van der Waals surface area contributed by atoms with Crippen molar-refractivity contribution in [1.82, 2.24) is 15.2 Å². The van der Waals surface area contributed by atoms with E-state index < -0.39 is 58.3 Å². The van der Waals surface area contributed by atoms with Gasteiger partial charge in [-0.25, -0.2) is 9.78 Å². The normalized spacial score (nSPS) is 23.0. The molecular formula is C16H17N5O8S2. The van der Waals surface area contributed by atoms with Crippen molar-refractivity contribution in [3.05, 3.63) is 22.3 Å². The number of esters is 1. The molecule has 3 atom stereocenters. The summed E-state index contributed by atoms with van der Waals surface area (Å²) >= 11 is 1.06. The summed E-state index contributed by atoms with van der Waals surface area (Å²) in [5.41, 5.74) is 5.04. The molecule has 1 fully saturated rings. The zero-order valence-electron chi connectivity index (χ0n) is 16.2. The molecule has 1 aromatic heterocycles. The second-order valence-electron chi connectivity index (χ2n) is 6.31. The summed E-state index contributed by atoms with van der Waals surface area (Å²) in [6.45, 7) is 0.727. The number of carboxylic acids is 1. The number of hydrogen-bond donors (Lipinski definition) is 3. The molecule has 0 spiro atoms. The van der Waals surface area contributed by atoms with E-state index in [1.54, 1.807) is 0 Å². The van der Waals surface area contributed by atoms with Gasteiger partial charge in [-0.2, -0.15) is 0 Å². The maximum absolute atomic E-state index is 12.7. The molecule has 2 aliphatic rings. The summed E-state index contributed by atoms with van der Waals surface area (Å²) in [5.74, 6) is -3.95. The lowest BCUT2D eigenvalue weighted by Crippen LogP contribution is -2.74. The number of rotatable bonds is 7. The van der Waals surface area contributed by atoms with E-state index in [9.17, 15) is 28.5 Å². The zero-order chi connectivity index (χ0) is 22.9. The smallest absolute Gasteiger partial charge is 0.352 e. The molecule has 31 heavy (non-hydrogen) atoms. The topological polar surface area (TPSA) is 191 Å². The minimum atomic E-state index is -1.76. The highest BCUT2D eigenvalue weighted by Gasteiger charge is 2.57. The van der Waals surface area contributed by atoms with Crippen LogP contribution >= 0.6 is 11.3 Å². The summed E-state index contributed by atoms with van der Waals surface area (Å²) in [6, 6.07) is -1.25. The molecule has 0 radical (unpaired) electrons. The van der Waals surface area contributed by atoms with Crippen LogP contribution in [-0.2, 0) is 39.6 Å². The Bertz CT molecular complexity index is 1050. The summed E-state index contributed by atoms with van der Waals surface area (Å²) in [7, 11) is -0.549. The number of oxime groups is 1. The number of aliphatic carboxylic acids is 1. The van der Waals surface area contributed by atoms with Crippen molar-refractivity contribution in [1.29, 1.82) is 0 Å². The van der Waals surface area contributed by atoms with E-state index in [0.29, 0.717) is 0 Å². The van der Waals surface area contributed by atoms with E-state index in [1.165, 1.54) is 12.5 Å². The van der Waals surface area contributed by atoms with Crippen LogP contribution in [0, 0.1) is 0 Å². The number of anilines is 1. The first-order chi connectivity index (χ1) is 14.6. The average molecular weight is 471 g/mol. The molecule has 2 amide bonds. The van der Waals surface area contributed by atoms with Crippen LogP contribution in [0.2, 0.25) is 0 Å². The van der Waals surface area contributed by atoms with Crippen molar-refractivity contribution in [2.75, 3.05) is 25.2 Å². The predicted molar refractivity (Wildman–Crippen MR) is 107 cm³/mol. The summed E-state index contributed by atoms with van der Waals surface area (Å²) in [6.07, 6.45) is 0. The van der Waals surface area contributed by atoms with Gasteiger partial charge in [0.15, 0.2) is 10.8 Å². The zero-order valence-corrected chi connectivity index (χ0v) is 17.8. The fourth-order valence-corrected chi connectivity index (χ4v) is 5.27. The Morgan fingerprint density at radius 3 is 2.74 bits per heavy atom. The third kappa shape index (κ3) is 4.27. The number of aromatic nitrogens is 1. The van der Waals surface area contributed by atoms with Gasteiger partial charge in [0, 0.05) is 17.9 Å². The number of fused-ring (bicyclic) bond motifs is 1. The predicted octanol–water partition coefficient (Wildman–Crippen LogP) is -1.61. The first kappa shape index (κ1) is 22.4. The van der Waals surface area contributed by atoms with Crippen LogP contribution in [0.1, 0.15) is 12.6 Å². The number of nitrogens with one attached hydrogen (secondary N) is 1. The van der Waals surface area contributed by atoms with Crippen molar-refractivity contribution in [3.8, 4) is 0 Å². The summed E-state index contributed by atoms with van der Waals surface area (Å²) in [4.78, 5) is 57.5. The number of amides is 2. The number of carbonyl (C=O) groups is 4. The Balaban J connectivity index is 1.84. The van der Waals surface area contributed by atoms with E-state index in [2.05, 4.69) is 20.3 Å². The van der Waals surface area contributed by atoms with Crippen molar-refractivity contribution in [2.24, 2.45) is 5.16 Å². The van der Waals surface area contributed by atoms with Gasteiger partial charge >= 0.3 is 11.9 Å². The van der Waals surface area contributed by atoms with E-state index in [4.69, 9.17) is 10.5 Å². The fourth-order valence-electron chi connectivity index (χ4n) is 3.05. The van der Waals surface area contributed by atoms with E-state index in [-0.39, 0.29) is 27.9 Å². The van der Waals surface area contributed by atoms with Crippen molar-refractivity contribution in [3.63, 3.8) is 0 Å². The van der Waals surface area contributed by atoms with E-state index in [0.717, 1.165) is 23.2 Å². The lowest BCUT2D eigenvalue weighted by Gasteiger charge is -2.48. The Morgan fingerprint density at radius 2 is 2.19 bits per heavy atom. The van der Waals surface area contributed by atoms with Crippen molar-refractivity contribution in [2.45, 2.75) is 18.3 Å². The van der Waals surface area contributed by atoms with Crippen LogP contribution < -0.4 is 11.1 Å². The van der Waals surface area contributed by atoms with Crippen molar-refractivity contribution < 1.29 is 38.1 Å². The molecule has 3 rings (SSSR count). The Morgan fingerprint density at radius 1 is 1.48 bits per heavy atom. The lowest BCUT2D eigenvalue weighted by molar-refractivity contribution is -0.150. The van der Waals surface area contributed by atoms with Crippen molar-refractivity contribution >= 4 is 56.7 Å². The first-order valence-corrected chi connectivity index (χ1v) is 10.8. The molecule has 0 unspecified atom stereocenters. The molecule has 3 heterocycles. The van der Waals surface area contributed by atoms with Gasteiger partial charge in [-0.05, 0) is 0 Å². The highest BCUT2D eigenvalue weighted by molar-refractivity contribution is 7.86. The molecular weight excluding hydrogens is 454 g/mol. The third-order valence-electron chi connectivity index (χ3n) is 4.31. The molecule has 4 N–H and O–H groups in total. The van der Waals surface area contributed by atoms with Crippen LogP contribution in [0.25, 0.3) is 0 Å². The van der Waals surface area contributed by atoms with Crippen LogP contribution in [-0.4, -0.2) is 79.5 Å². The fraction of sp³-hybridized carbons (Fsp3) is 0.375. The van der Waals surface area contributed by atoms with Gasteiger partial charge in [-0.15, -0.1) is 11.3 Å². The molecule has 0 saturated carbocycles. The van der Waals surface area contributed by atoms with Crippen LogP contribution in [0.15, 0.2) is 21.8 Å². The molecule has 166 valence electrons. The first-order valence-electron chi connectivity index (χ1n) is 8.58. The van der Waals surface area contributed by atoms with Crippen LogP contribution in [0.4, 0.5) is 5.13 Å². The monoisotopic (exact) mass is 471 g/mol. The van der Waals surface area contributed by atoms with Gasteiger partial charge in [-0.3, -0.25) is 23.5 Å². The average Bonchev–Trinajstić information content (AvgIpc) is 3.13. The minimum absolute atomic E-state index is 0.0370. The number of hydrogen-bond acceptors (Lipinski definition) is 11. The maximum atomic E-state index is 12.7. The highest BCUT2D eigenvalue weighted by Crippen LogP contribution is 2.35. The van der Waals surface area contributed by atoms with Crippen LogP contribution in [0.5, 0.6) is 0 Å². The molecule has 0 aromatic carbocycles. The molecule has 1 aromatic rings. The van der Waals surface area contributed by atoms with Gasteiger partial charge in [0.25, 0.3) is 11.8 Å². The number of ether oxygens (including phenoxy) is 1. The third-order valence-corrected chi connectivity index (χ3v) is 6.63. The van der Waals surface area contributed by atoms with Gasteiger partial charge < -0.3 is 25.7 Å². The Kier molecular flexibility index (Phi) is 6.35. The number of nitrogens with zero attached hydrogens (tertiary/aromatic N) is 3. The minimum Gasteiger partial charge on any atom is -0.477 e. The molecule has 0 aliphatic carbocycles. The highest BCUT2D eigenvalue weighted by atomic mass is 32.2. The number of nitrogen functional groups attached to an aromatic ring is 1. The number of nitrogens with two attached hydrogens (primary N) is 1. The standard InChI is InChI=1S/C16H17N5O8S2/c1-6(22)29-3-7-5-31(27)14-10(13(24)21(14)11(7)15(25)26)19-12(23)9(20-28-2)8-4-30-16(17)18-8/h4,10,14H,3,5H2,1-2H3,(H2,17,18)(H,19,23)(H,25,26)/t10-,14-,31-/m1/s1. The summed E-state index contributed by atoms with van der Waals surface area (Å²) < 4.78 is 17.5. The maximum Gasteiger partial charge on any atom is 0.352 e. The number of carboxylic acid groups (broad SMARTS) is 1. The Labute approximate surface area is 181 Å². The second kappa shape index (κ2) is 8.81. The van der Waals surface area contributed by atoms with E-state index >= 15 is 0 Å². The van der Waals surface area contributed by atoms with Gasteiger partial charge in [-0.1, -0.05) is 5.16 Å². The summed E-state index contributed by atoms with van der Waals surface area (Å²) in [5, 5.41) is 16.1. The molecule has 2 aliphatic heterocycles. The molecule has 13 nitrogen and oxygen atoms in total. The second-order valence-corrected chi connectivity index (χ2v) is 8.73. The van der Waals surface area contributed by atoms with Gasteiger partial charge in [0.05, 0.1) is 16.6 Å². The number of β-lactam (4-membered cyclic amide) rings is 1. The van der Waals surface area contributed by atoms with E-state index in [1.807, 2.05) is 0 Å². The SMILES string of the molecule is CON=C(C(=O)N[C@@H]1C(=O)N2C(C(=O)O)=C(COC(C)=O)C[S@@](=O)[C@H]12)c1csc(N)n1. The molecule has 0 bridgehead atoms. The van der Waals surface area contributed by atoms with Gasteiger partial charge in [0.1, 0.15) is 36.5 Å². The molecule has 1 saturated heterocycles. The Hall–Kier alpha value is -3.33. The quantitative estimate of drug-likeness (QED) is 0.180. The largest absolute Gasteiger partial charge is 0.477 e. The molecule has 15 heteroatoms. The number of carbonyl (C=O) groups excluding carboxylic acids is 3. The number of thiazole rings is 1.